The van der Waals surface area contributed by atoms with Crippen molar-refractivity contribution in [2.24, 2.45) is 0 Å². The van der Waals surface area contributed by atoms with Crippen molar-refractivity contribution in [1.82, 2.24) is 14.9 Å². The number of hydrogen-bond acceptors (Lipinski definition) is 9. The lowest BCUT2D eigenvalue weighted by Crippen LogP contribution is -2.46. The monoisotopic (exact) mass is 358 g/mol. The van der Waals surface area contributed by atoms with Crippen molar-refractivity contribution < 1.29 is 14.4 Å². The molecular formula is C16H18N6O4. The fourth-order valence-electron chi connectivity index (χ4n) is 3.20. The van der Waals surface area contributed by atoms with Crippen LogP contribution in [0.2, 0.25) is 0 Å². The number of ether oxygens (including phenoxy) is 2. The SMILES string of the molecule is Nc1ncnc(N2CCN(Cc3ccc4c(c3)OCO4)CC2)c1[N+](=O)[O-]. The number of nitrogens with two attached hydrogens (primary N) is 1. The molecule has 0 aliphatic carbocycles. The summed E-state index contributed by atoms with van der Waals surface area (Å²) >= 11 is 0. The number of fused-ring (bicyclic) bond motifs is 1. The highest BCUT2D eigenvalue weighted by molar-refractivity contribution is 5.68. The van der Waals surface area contributed by atoms with Gasteiger partial charge in [0.2, 0.25) is 18.4 Å². The topological polar surface area (TPSA) is 120 Å². The second-order valence-corrected chi connectivity index (χ2v) is 6.14. The molecule has 10 nitrogen and oxygen atoms in total. The summed E-state index contributed by atoms with van der Waals surface area (Å²) in [4.78, 5) is 22.7. The predicted molar refractivity (Wildman–Crippen MR) is 93.2 cm³/mol. The first-order valence-corrected chi connectivity index (χ1v) is 8.22. The molecule has 2 aromatic rings. The third-order valence-corrected chi connectivity index (χ3v) is 4.53. The van der Waals surface area contributed by atoms with Crippen molar-refractivity contribution in [2.75, 3.05) is 43.6 Å². The van der Waals surface area contributed by atoms with Crippen LogP contribution in [0.25, 0.3) is 0 Å². The lowest BCUT2D eigenvalue weighted by molar-refractivity contribution is -0.383. The molecule has 1 saturated heterocycles. The summed E-state index contributed by atoms with van der Waals surface area (Å²) in [6.45, 7) is 3.81. The first-order valence-electron chi connectivity index (χ1n) is 8.22. The molecule has 0 saturated carbocycles. The van der Waals surface area contributed by atoms with Gasteiger partial charge in [0.25, 0.3) is 0 Å². The molecule has 3 heterocycles. The van der Waals surface area contributed by atoms with Gasteiger partial charge >= 0.3 is 5.69 Å². The molecule has 1 fully saturated rings. The summed E-state index contributed by atoms with van der Waals surface area (Å²) in [5.41, 5.74) is 6.56. The minimum Gasteiger partial charge on any atom is -0.454 e. The standard InChI is InChI=1S/C16H18N6O4/c17-15-14(22(23)24)16(19-9-18-15)21-5-3-20(4-6-21)8-11-1-2-12-13(7-11)26-10-25-12/h1-2,7,9H,3-6,8,10H2,(H2,17,18,19). The average molecular weight is 358 g/mol. The van der Waals surface area contributed by atoms with Crippen LogP contribution in [-0.4, -0.2) is 52.8 Å². The van der Waals surface area contributed by atoms with Gasteiger partial charge in [0, 0.05) is 32.7 Å². The third-order valence-electron chi connectivity index (χ3n) is 4.53. The zero-order valence-electron chi connectivity index (χ0n) is 14.0. The molecule has 10 heteroatoms. The number of rotatable bonds is 4. The molecule has 1 aromatic heterocycles. The van der Waals surface area contributed by atoms with Crippen LogP contribution in [0.5, 0.6) is 11.5 Å². The maximum atomic E-state index is 11.3. The van der Waals surface area contributed by atoms with E-state index in [1.54, 1.807) is 0 Å². The molecule has 4 rings (SSSR count). The molecular weight excluding hydrogens is 340 g/mol. The van der Waals surface area contributed by atoms with E-state index in [0.717, 1.165) is 36.7 Å². The van der Waals surface area contributed by atoms with E-state index in [-0.39, 0.29) is 24.1 Å². The van der Waals surface area contributed by atoms with Gasteiger partial charge in [0.05, 0.1) is 4.92 Å². The summed E-state index contributed by atoms with van der Waals surface area (Å²) < 4.78 is 10.7. The van der Waals surface area contributed by atoms with E-state index in [1.807, 2.05) is 23.1 Å². The number of piperazine rings is 1. The fourth-order valence-corrected chi connectivity index (χ4v) is 3.20. The Morgan fingerprint density at radius 1 is 1.15 bits per heavy atom. The van der Waals surface area contributed by atoms with E-state index < -0.39 is 4.92 Å². The first-order chi connectivity index (χ1) is 12.6. The average Bonchev–Trinajstić information content (AvgIpc) is 3.09. The first kappa shape index (κ1) is 16.3. The van der Waals surface area contributed by atoms with Crippen molar-refractivity contribution in [3.63, 3.8) is 0 Å². The number of nitro groups is 1. The highest BCUT2D eigenvalue weighted by Gasteiger charge is 2.28. The van der Waals surface area contributed by atoms with Crippen molar-refractivity contribution in [3.05, 3.63) is 40.2 Å². The van der Waals surface area contributed by atoms with Crippen LogP contribution in [0.15, 0.2) is 24.5 Å². The van der Waals surface area contributed by atoms with Crippen LogP contribution in [0, 0.1) is 10.1 Å². The van der Waals surface area contributed by atoms with Crippen molar-refractivity contribution >= 4 is 17.3 Å². The highest BCUT2D eigenvalue weighted by atomic mass is 16.7. The van der Waals surface area contributed by atoms with Gasteiger partial charge in [0.1, 0.15) is 6.33 Å². The van der Waals surface area contributed by atoms with E-state index in [9.17, 15) is 10.1 Å². The van der Waals surface area contributed by atoms with E-state index in [4.69, 9.17) is 15.2 Å². The van der Waals surface area contributed by atoms with Gasteiger partial charge in [-0.1, -0.05) is 6.07 Å². The summed E-state index contributed by atoms with van der Waals surface area (Å²) in [6.07, 6.45) is 1.26. The number of nitrogens with zero attached hydrogens (tertiary/aromatic N) is 5. The van der Waals surface area contributed by atoms with E-state index in [2.05, 4.69) is 14.9 Å². The Kier molecular flexibility index (Phi) is 4.17. The van der Waals surface area contributed by atoms with Gasteiger partial charge in [-0.3, -0.25) is 15.0 Å². The third kappa shape index (κ3) is 3.06. The Bertz CT molecular complexity index is 837. The number of benzene rings is 1. The molecule has 0 atom stereocenters. The molecule has 0 bridgehead atoms. The highest BCUT2D eigenvalue weighted by Crippen LogP contribution is 2.33. The Labute approximate surface area is 149 Å². The molecule has 26 heavy (non-hydrogen) atoms. The van der Waals surface area contributed by atoms with E-state index in [0.29, 0.717) is 13.1 Å². The number of hydrogen-bond donors (Lipinski definition) is 1. The molecule has 2 aliphatic rings. The van der Waals surface area contributed by atoms with Crippen LogP contribution < -0.4 is 20.1 Å². The molecule has 1 aromatic carbocycles. The summed E-state index contributed by atoms with van der Waals surface area (Å²) in [6, 6.07) is 5.93. The Hall–Kier alpha value is -3.14. The van der Waals surface area contributed by atoms with E-state index in [1.165, 1.54) is 6.33 Å². The largest absolute Gasteiger partial charge is 0.454 e. The second-order valence-electron chi connectivity index (χ2n) is 6.14. The molecule has 0 unspecified atom stereocenters. The quantitative estimate of drug-likeness (QED) is 0.630. The van der Waals surface area contributed by atoms with Crippen LogP contribution >= 0.6 is 0 Å². The van der Waals surface area contributed by atoms with Crippen LogP contribution in [-0.2, 0) is 6.54 Å². The number of anilines is 2. The second kappa shape index (κ2) is 6.64. The lowest BCUT2D eigenvalue weighted by Gasteiger charge is -2.35. The smallest absolute Gasteiger partial charge is 0.353 e. The predicted octanol–water partition coefficient (Wildman–Crippen LogP) is 1.02. The van der Waals surface area contributed by atoms with Gasteiger partial charge in [0.15, 0.2) is 11.5 Å². The van der Waals surface area contributed by atoms with Crippen LogP contribution in [0.4, 0.5) is 17.3 Å². The maximum absolute atomic E-state index is 11.3. The minimum absolute atomic E-state index is 0.109. The van der Waals surface area contributed by atoms with Gasteiger partial charge in [-0.15, -0.1) is 0 Å². The molecule has 0 radical (unpaired) electrons. The van der Waals surface area contributed by atoms with Gasteiger partial charge in [-0.05, 0) is 17.7 Å². The minimum atomic E-state index is -0.524. The van der Waals surface area contributed by atoms with Crippen LogP contribution in [0.1, 0.15) is 5.56 Å². The van der Waals surface area contributed by atoms with Crippen LogP contribution in [0.3, 0.4) is 0 Å². The van der Waals surface area contributed by atoms with E-state index >= 15 is 0 Å². The Morgan fingerprint density at radius 2 is 1.92 bits per heavy atom. The summed E-state index contributed by atoms with van der Waals surface area (Å²) in [5, 5.41) is 11.3. The normalized spacial score (nSPS) is 16.7. The fraction of sp³-hybridized carbons (Fsp3) is 0.375. The molecule has 2 N–H and O–H groups in total. The molecule has 2 aliphatic heterocycles. The maximum Gasteiger partial charge on any atom is 0.353 e. The van der Waals surface area contributed by atoms with Gasteiger partial charge < -0.3 is 20.1 Å². The zero-order valence-corrected chi connectivity index (χ0v) is 14.0. The van der Waals surface area contributed by atoms with Gasteiger partial charge in [-0.2, -0.15) is 0 Å². The number of nitrogen functional groups attached to an aromatic ring is 1. The Morgan fingerprint density at radius 3 is 2.69 bits per heavy atom. The Balaban J connectivity index is 1.42. The molecule has 0 amide bonds. The number of aromatic nitrogens is 2. The summed E-state index contributed by atoms with van der Waals surface area (Å²) in [7, 11) is 0. The summed E-state index contributed by atoms with van der Waals surface area (Å²) in [5.74, 6) is 1.72. The zero-order chi connectivity index (χ0) is 18.1. The van der Waals surface area contributed by atoms with Gasteiger partial charge in [-0.25, -0.2) is 9.97 Å². The van der Waals surface area contributed by atoms with Crippen molar-refractivity contribution in [3.8, 4) is 11.5 Å². The molecule has 136 valence electrons. The van der Waals surface area contributed by atoms with Crippen molar-refractivity contribution in [1.29, 1.82) is 0 Å². The lowest BCUT2D eigenvalue weighted by atomic mass is 10.1. The van der Waals surface area contributed by atoms with Crippen molar-refractivity contribution in [2.45, 2.75) is 6.54 Å². The molecule has 0 spiro atoms.